The van der Waals surface area contributed by atoms with Crippen molar-refractivity contribution in [2.24, 2.45) is 0 Å². The number of phenols is 1. The van der Waals surface area contributed by atoms with Crippen LogP contribution in [0.3, 0.4) is 0 Å². The molecule has 0 saturated heterocycles. The van der Waals surface area contributed by atoms with E-state index < -0.39 is 0 Å². The number of nitrogens with zero attached hydrogens (tertiary/aromatic N) is 2. The van der Waals surface area contributed by atoms with Gasteiger partial charge >= 0.3 is 0 Å². The van der Waals surface area contributed by atoms with Crippen LogP contribution >= 0.6 is 34.2 Å². The average molecular weight is 363 g/mol. The number of rotatable bonds is 2. The lowest BCUT2D eigenvalue weighted by Gasteiger charge is -2.06. The van der Waals surface area contributed by atoms with Crippen LogP contribution in [0, 0.1) is 3.57 Å². The Balaban J connectivity index is 2.34. The normalized spacial score (nSPS) is 10.5. The summed E-state index contributed by atoms with van der Waals surface area (Å²) in [7, 11) is 0. The highest BCUT2D eigenvalue weighted by atomic mass is 127. The summed E-state index contributed by atoms with van der Waals surface area (Å²) in [6.45, 7) is 0.402. The Hall–Kier alpha value is -1.08. The first-order valence-electron chi connectivity index (χ1n) is 4.76. The van der Waals surface area contributed by atoms with Gasteiger partial charge in [-0.3, -0.25) is 9.36 Å². The third-order valence-corrected chi connectivity index (χ3v) is 3.81. The van der Waals surface area contributed by atoms with Crippen LogP contribution in [0.1, 0.15) is 5.56 Å². The maximum Gasteiger partial charge on any atom is 0.268 e. The zero-order chi connectivity index (χ0) is 12.4. The highest BCUT2D eigenvalue weighted by Gasteiger charge is 2.06. The molecule has 0 aliphatic heterocycles. The van der Waals surface area contributed by atoms with Crippen LogP contribution in [-0.4, -0.2) is 14.7 Å². The highest BCUT2D eigenvalue weighted by Crippen LogP contribution is 2.12. The van der Waals surface area contributed by atoms with Gasteiger partial charge in [-0.2, -0.15) is 0 Å². The fourth-order valence-corrected chi connectivity index (χ4v) is 1.93. The zero-order valence-corrected chi connectivity index (χ0v) is 11.5. The molecule has 2 aromatic rings. The third-order valence-electron chi connectivity index (χ3n) is 2.23. The fourth-order valence-electron chi connectivity index (χ4n) is 1.35. The van der Waals surface area contributed by atoms with Gasteiger partial charge in [-0.1, -0.05) is 23.7 Å². The number of halogens is 2. The van der Waals surface area contributed by atoms with Gasteiger partial charge in [0.25, 0.3) is 5.56 Å². The lowest BCUT2D eigenvalue weighted by atomic mass is 10.2. The van der Waals surface area contributed by atoms with E-state index in [-0.39, 0.29) is 16.5 Å². The van der Waals surface area contributed by atoms with Crippen LogP contribution in [0.25, 0.3) is 0 Å². The Morgan fingerprint density at radius 1 is 1.35 bits per heavy atom. The van der Waals surface area contributed by atoms with Crippen molar-refractivity contribution in [1.82, 2.24) is 9.55 Å². The van der Waals surface area contributed by atoms with E-state index in [4.69, 9.17) is 16.7 Å². The van der Waals surface area contributed by atoms with E-state index in [0.717, 1.165) is 5.56 Å². The Kier molecular flexibility index (Phi) is 3.68. The maximum atomic E-state index is 11.8. The van der Waals surface area contributed by atoms with Crippen LogP contribution in [0.15, 0.2) is 35.4 Å². The predicted molar refractivity (Wildman–Crippen MR) is 73.4 cm³/mol. The largest absolute Gasteiger partial charge is 0.508 e. The minimum Gasteiger partial charge on any atom is -0.508 e. The summed E-state index contributed by atoms with van der Waals surface area (Å²) in [4.78, 5) is 15.8. The van der Waals surface area contributed by atoms with E-state index in [1.807, 2.05) is 22.6 Å². The Morgan fingerprint density at radius 2 is 2.00 bits per heavy atom. The molecule has 6 heteroatoms. The van der Waals surface area contributed by atoms with E-state index in [0.29, 0.717) is 10.1 Å². The lowest BCUT2D eigenvalue weighted by Crippen LogP contribution is -2.23. The molecular weight excluding hydrogens is 354 g/mol. The highest BCUT2D eigenvalue weighted by molar-refractivity contribution is 14.1. The molecule has 17 heavy (non-hydrogen) atoms. The smallest absolute Gasteiger partial charge is 0.268 e. The molecule has 0 bridgehead atoms. The minimum atomic E-state index is -0.168. The second kappa shape index (κ2) is 5.05. The molecule has 88 valence electrons. The number of aromatic hydroxyl groups is 1. The molecule has 0 unspecified atom stereocenters. The molecule has 1 aromatic heterocycles. The molecule has 0 atom stereocenters. The van der Waals surface area contributed by atoms with E-state index in [2.05, 4.69) is 4.98 Å². The van der Waals surface area contributed by atoms with Crippen LogP contribution in [-0.2, 0) is 6.54 Å². The van der Waals surface area contributed by atoms with E-state index in [1.165, 1.54) is 10.9 Å². The van der Waals surface area contributed by atoms with Crippen molar-refractivity contribution in [3.05, 3.63) is 55.2 Å². The molecule has 1 heterocycles. The van der Waals surface area contributed by atoms with Gasteiger partial charge in [-0.25, -0.2) is 4.98 Å². The van der Waals surface area contributed by atoms with Crippen LogP contribution in [0.4, 0.5) is 0 Å². The summed E-state index contributed by atoms with van der Waals surface area (Å²) in [6, 6.07) is 6.66. The van der Waals surface area contributed by atoms with Gasteiger partial charge in [0.15, 0.2) is 0 Å². The van der Waals surface area contributed by atoms with E-state index in [1.54, 1.807) is 24.3 Å². The van der Waals surface area contributed by atoms with Crippen molar-refractivity contribution in [1.29, 1.82) is 0 Å². The molecule has 0 spiro atoms. The molecule has 0 radical (unpaired) electrons. The molecule has 0 amide bonds. The van der Waals surface area contributed by atoms with Crippen molar-refractivity contribution in [2.45, 2.75) is 6.54 Å². The minimum absolute atomic E-state index is 0.168. The quantitative estimate of drug-likeness (QED) is 0.658. The summed E-state index contributed by atoms with van der Waals surface area (Å²) < 4.78 is 1.88. The predicted octanol–water partition coefficient (Wildman–Crippen LogP) is 2.26. The second-order valence-electron chi connectivity index (χ2n) is 3.45. The van der Waals surface area contributed by atoms with Gasteiger partial charge < -0.3 is 5.11 Å². The van der Waals surface area contributed by atoms with Crippen molar-refractivity contribution >= 4 is 34.2 Å². The Bertz CT molecular complexity index is 595. The molecule has 0 fully saturated rings. The standard InChI is InChI=1S/C11H8ClIN2O2/c12-10-9(13)11(17)15(6-14-10)5-7-1-3-8(16)4-2-7/h1-4,6,16H,5H2. The first-order valence-corrected chi connectivity index (χ1v) is 6.22. The van der Waals surface area contributed by atoms with Gasteiger partial charge in [-0.05, 0) is 40.3 Å². The monoisotopic (exact) mass is 362 g/mol. The maximum absolute atomic E-state index is 11.8. The van der Waals surface area contributed by atoms with Gasteiger partial charge in [0, 0.05) is 0 Å². The number of aromatic nitrogens is 2. The van der Waals surface area contributed by atoms with Crippen molar-refractivity contribution < 1.29 is 5.11 Å². The van der Waals surface area contributed by atoms with Crippen LogP contribution < -0.4 is 5.56 Å². The van der Waals surface area contributed by atoms with E-state index in [9.17, 15) is 4.79 Å². The summed E-state index contributed by atoms with van der Waals surface area (Å²) in [6.07, 6.45) is 1.42. The summed E-state index contributed by atoms with van der Waals surface area (Å²) in [5, 5.41) is 9.38. The SMILES string of the molecule is O=c1c(I)c(Cl)ncn1Cc1ccc(O)cc1. The van der Waals surface area contributed by atoms with Gasteiger partial charge in [-0.15, -0.1) is 0 Å². The molecule has 0 saturated carbocycles. The fraction of sp³-hybridized carbons (Fsp3) is 0.0909. The topological polar surface area (TPSA) is 55.1 Å². The number of phenolic OH excluding ortho intramolecular Hbond substituents is 1. The lowest BCUT2D eigenvalue weighted by molar-refractivity contribution is 0.475. The average Bonchev–Trinajstić information content (AvgIpc) is 2.33. The summed E-state index contributed by atoms with van der Waals surface area (Å²) in [5.74, 6) is 0.199. The van der Waals surface area contributed by atoms with E-state index >= 15 is 0 Å². The zero-order valence-electron chi connectivity index (χ0n) is 8.60. The first-order chi connectivity index (χ1) is 8.08. The van der Waals surface area contributed by atoms with Crippen molar-refractivity contribution in [3.63, 3.8) is 0 Å². The molecular formula is C11H8ClIN2O2. The first kappa shape index (κ1) is 12.4. The van der Waals surface area contributed by atoms with Crippen LogP contribution in [0.5, 0.6) is 5.75 Å². The molecule has 1 aromatic carbocycles. The summed E-state index contributed by atoms with van der Waals surface area (Å²) >= 11 is 7.62. The molecule has 0 aliphatic carbocycles. The molecule has 0 aliphatic rings. The van der Waals surface area contributed by atoms with Crippen molar-refractivity contribution in [2.75, 3.05) is 0 Å². The number of hydrogen-bond donors (Lipinski definition) is 1. The molecule has 4 nitrogen and oxygen atoms in total. The van der Waals surface area contributed by atoms with Gasteiger partial charge in [0.2, 0.25) is 0 Å². The van der Waals surface area contributed by atoms with Crippen LogP contribution in [0.2, 0.25) is 5.15 Å². The van der Waals surface area contributed by atoms with Crippen molar-refractivity contribution in [3.8, 4) is 5.75 Å². The molecule has 2 rings (SSSR count). The van der Waals surface area contributed by atoms with Gasteiger partial charge in [0.1, 0.15) is 14.5 Å². The summed E-state index contributed by atoms with van der Waals surface area (Å²) in [5.41, 5.74) is 0.739. The second-order valence-corrected chi connectivity index (χ2v) is 4.89. The Morgan fingerprint density at radius 3 is 2.65 bits per heavy atom. The van der Waals surface area contributed by atoms with Gasteiger partial charge in [0.05, 0.1) is 12.9 Å². The Labute approximate surface area is 116 Å². The number of benzene rings is 1. The number of hydrogen-bond acceptors (Lipinski definition) is 3. The molecule has 1 N–H and O–H groups in total. The third kappa shape index (κ3) is 2.78.